The van der Waals surface area contributed by atoms with Gasteiger partial charge in [0.05, 0.1) is 5.92 Å². The van der Waals surface area contributed by atoms with Crippen molar-refractivity contribution in [3.63, 3.8) is 0 Å². The molecule has 4 fully saturated rings. The van der Waals surface area contributed by atoms with Crippen LogP contribution in [0.15, 0.2) is 0 Å². The van der Waals surface area contributed by atoms with E-state index in [0.717, 1.165) is 48.9 Å². The highest BCUT2D eigenvalue weighted by molar-refractivity contribution is 5.74. The molecule has 0 amide bonds. The van der Waals surface area contributed by atoms with Gasteiger partial charge in [0.2, 0.25) is 0 Å². The van der Waals surface area contributed by atoms with Crippen molar-refractivity contribution < 1.29 is 9.53 Å². The van der Waals surface area contributed by atoms with Crippen LogP contribution in [-0.2, 0) is 9.53 Å². The van der Waals surface area contributed by atoms with Gasteiger partial charge >= 0.3 is 5.97 Å². The summed E-state index contributed by atoms with van der Waals surface area (Å²) in [5.74, 6) is 5.45. The summed E-state index contributed by atoms with van der Waals surface area (Å²) >= 11 is 0. The molecule has 24 heavy (non-hydrogen) atoms. The Morgan fingerprint density at radius 1 is 1.04 bits per heavy atom. The zero-order valence-electron chi connectivity index (χ0n) is 15.9. The van der Waals surface area contributed by atoms with E-state index in [0.29, 0.717) is 5.92 Å². The maximum Gasteiger partial charge on any atom is 0.309 e. The third-order valence-corrected chi connectivity index (χ3v) is 8.32. The van der Waals surface area contributed by atoms with Crippen LogP contribution < -0.4 is 0 Å². The van der Waals surface area contributed by atoms with E-state index >= 15 is 0 Å². The minimum Gasteiger partial charge on any atom is -0.459 e. The number of fused-ring (bicyclic) bond motifs is 5. The maximum absolute atomic E-state index is 13.0. The molecule has 2 heteroatoms. The molecule has 0 aromatic carbocycles. The molecule has 4 aliphatic rings. The fourth-order valence-corrected chi connectivity index (χ4v) is 7.45. The third-order valence-electron chi connectivity index (χ3n) is 8.32. The van der Waals surface area contributed by atoms with Crippen LogP contribution in [0, 0.1) is 41.4 Å². The molecule has 0 spiro atoms. The predicted molar refractivity (Wildman–Crippen MR) is 96.4 cm³/mol. The number of esters is 1. The van der Waals surface area contributed by atoms with E-state index in [-0.39, 0.29) is 17.5 Å². The molecule has 0 aromatic heterocycles. The lowest BCUT2D eigenvalue weighted by atomic mass is 9.70. The van der Waals surface area contributed by atoms with Gasteiger partial charge in [-0.1, -0.05) is 33.1 Å². The lowest BCUT2D eigenvalue weighted by Gasteiger charge is -2.36. The Morgan fingerprint density at radius 3 is 2.46 bits per heavy atom. The lowest BCUT2D eigenvalue weighted by Crippen LogP contribution is -2.38. The molecule has 4 saturated carbocycles. The van der Waals surface area contributed by atoms with Crippen molar-refractivity contribution >= 4 is 5.97 Å². The van der Waals surface area contributed by atoms with Crippen molar-refractivity contribution in [3.05, 3.63) is 0 Å². The van der Waals surface area contributed by atoms with Crippen LogP contribution in [0.5, 0.6) is 0 Å². The molecule has 7 unspecified atom stereocenters. The van der Waals surface area contributed by atoms with E-state index in [2.05, 4.69) is 20.8 Å². The molecule has 2 nitrogen and oxygen atoms in total. The van der Waals surface area contributed by atoms with Gasteiger partial charge in [-0.25, -0.2) is 0 Å². The van der Waals surface area contributed by atoms with Crippen LogP contribution in [-0.4, -0.2) is 11.6 Å². The van der Waals surface area contributed by atoms with Crippen molar-refractivity contribution in [2.24, 2.45) is 41.4 Å². The quantitative estimate of drug-likeness (QED) is 0.613. The number of carbonyl (C=O) groups is 1. The summed E-state index contributed by atoms with van der Waals surface area (Å²) in [6.07, 6.45) is 12.5. The molecule has 0 heterocycles. The topological polar surface area (TPSA) is 26.3 Å². The molecule has 0 radical (unpaired) electrons. The van der Waals surface area contributed by atoms with Gasteiger partial charge in [0, 0.05) is 0 Å². The fourth-order valence-electron chi connectivity index (χ4n) is 7.45. The Morgan fingerprint density at radius 2 is 1.79 bits per heavy atom. The smallest absolute Gasteiger partial charge is 0.309 e. The monoisotopic (exact) mass is 332 g/mol. The highest BCUT2D eigenvalue weighted by atomic mass is 16.6. The predicted octanol–water partition coefficient (Wildman–Crippen LogP) is 5.60. The van der Waals surface area contributed by atoms with Crippen LogP contribution in [0.4, 0.5) is 0 Å². The highest BCUT2D eigenvalue weighted by Gasteiger charge is 2.61. The molecular weight excluding hydrogens is 296 g/mol. The third kappa shape index (κ3) is 2.63. The molecule has 4 rings (SSSR count). The Bertz CT molecular complexity index is 478. The van der Waals surface area contributed by atoms with Crippen LogP contribution in [0.3, 0.4) is 0 Å². The van der Waals surface area contributed by atoms with Gasteiger partial charge in [-0.15, -0.1) is 0 Å². The minimum atomic E-state index is -0.150. The number of rotatable bonds is 5. The summed E-state index contributed by atoms with van der Waals surface area (Å²) in [4.78, 5) is 13.0. The second kappa shape index (κ2) is 6.32. The summed E-state index contributed by atoms with van der Waals surface area (Å²) in [5, 5.41) is 0. The standard InChI is InChI=1S/C22H36O2/c1-4-8-15-11-14(5-2)20-17-12-16(19(15)20)13-18(17)21(23)24-22(3)9-6-7-10-22/h14-20H,4-13H2,1-3H3. The van der Waals surface area contributed by atoms with Gasteiger partial charge in [0.25, 0.3) is 0 Å². The van der Waals surface area contributed by atoms with Crippen LogP contribution in [0.25, 0.3) is 0 Å². The first-order valence-electron chi connectivity index (χ1n) is 10.8. The normalized spacial score (nSPS) is 45.5. The van der Waals surface area contributed by atoms with Crippen LogP contribution in [0.1, 0.15) is 85.0 Å². The van der Waals surface area contributed by atoms with E-state index in [4.69, 9.17) is 4.74 Å². The Labute approximate surface area is 148 Å². The molecule has 7 atom stereocenters. The Kier molecular flexibility index (Phi) is 4.46. The fraction of sp³-hybridized carbons (Fsp3) is 0.955. The second-order valence-corrected chi connectivity index (χ2v) is 9.69. The Balaban J connectivity index is 1.47. The first-order chi connectivity index (χ1) is 11.6. The number of hydrogen-bond acceptors (Lipinski definition) is 2. The molecule has 0 aliphatic heterocycles. The van der Waals surface area contributed by atoms with E-state index in [9.17, 15) is 4.79 Å². The van der Waals surface area contributed by atoms with Crippen LogP contribution in [0.2, 0.25) is 0 Å². The summed E-state index contributed by atoms with van der Waals surface area (Å²) < 4.78 is 6.09. The summed E-state index contributed by atoms with van der Waals surface area (Å²) in [6.45, 7) is 6.87. The average Bonchev–Trinajstić information content (AvgIpc) is 3.29. The molecule has 4 aliphatic carbocycles. The number of ether oxygens (including phenoxy) is 1. The van der Waals surface area contributed by atoms with E-state index in [1.165, 1.54) is 44.9 Å². The zero-order valence-corrected chi connectivity index (χ0v) is 15.9. The van der Waals surface area contributed by atoms with Crippen molar-refractivity contribution in [3.8, 4) is 0 Å². The first-order valence-corrected chi connectivity index (χ1v) is 10.8. The van der Waals surface area contributed by atoms with Crippen molar-refractivity contribution in [2.75, 3.05) is 0 Å². The SMILES string of the molecule is CCCC1CC(CC)C2C3CC(CC3C(=O)OC3(C)CCCC3)C12. The summed E-state index contributed by atoms with van der Waals surface area (Å²) in [5.41, 5.74) is -0.150. The minimum absolute atomic E-state index is 0.150. The zero-order chi connectivity index (χ0) is 16.9. The Hall–Kier alpha value is -0.530. The van der Waals surface area contributed by atoms with Gasteiger partial charge in [-0.05, 0) is 87.4 Å². The van der Waals surface area contributed by atoms with Gasteiger partial charge < -0.3 is 4.74 Å². The van der Waals surface area contributed by atoms with E-state index in [1.807, 2.05) is 0 Å². The molecule has 136 valence electrons. The summed E-state index contributed by atoms with van der Waals surface area (Å²) in [6, 6.07) is 0. The first kappa shape index (κ1) is 16.9. The molecular formula is C22H36O2. The average molecular weight is 333 g/mol. The maximum atomic E-state index is 13.0. The second-order valence-electron chi connectivity index (χ2n) is 9.69. The van der Waals surface area contributed by atoms with Crippen LogP contribution >= 0.6 is 0 Å². The number of carbonyl (C=O) groups excluding carboxylic acids is 1. The van der Waals surface area contributed by atoms with Crippen molar-refractivity contribution in [2.45, 2.75) is 90.6 Å². The molecule has 2 bridgehead atoms. The van der Waals surface area contributed by atoms with Gasteiger partial charge in [-0.3, -0.25) is 4.79 Å². The number of hydrogen-bond donors (Lipinski definition) is 0. The van der Waals surface area contributed by atoms with Crippen molar-refractivity contribution in [1.29, 1.82) is 0 Å². The lowest BCUT2D eigenvalue weighted by molar-refractivity contribution is -0.166. The van der Waals surface area contributed by atoms with Gasteiger partial charge in [0.15, 0.2) is 0 Å². The summed E-state index contributed by atoms with van der Waals surface area (Å²) in [7, 11) is 0. The largest absolute Gasteiger partial charge is 0.459 e. The van der Waals surface area contributed by atoms with Gasteiger partial charge in [0.1, 0.15) is 5.60 Å². The molecule has 0 saturated heterocycles. The highest BCUT2D eigenvalue weighted by Crippen LogP contribution is 2.66. The van der Waals surface area contributed by atoms with Gasteiger partial charge in [-0.2, -0.15) is 0 Å². The van der Waals surface area contributed by atoms with E-state index in [1.54, 1.807) is 0 Å². The molecule has 0 N–H and O–H groups in total. The molecule has 0 aromatic rings. The van der Waals surface area contributed by atoms with E-state index < -0.39 is 0 Å². The van der Waals surface area contributed by atoms with Crippen molar-refractivity contribution in [1.82, 2.24) is 0 Å².